The van der Waals surface area contributed by atoms with Crippen LogP contribution in [0.4, 0.5) is 4.39 Å². The lowest BCUT2D eigenvalue weighted by atomic mass is 9.72. The van der Waals surface area contributed by atoms with Crippen LogP contribution in [0.3, 0.4) is 0 Å². The summed E-state index contributed by atoms with van der Waals surface area (Å²) in [6.07, 6.45) is 5.16. The van der Waals surface area contributed by atoms with E-state index in [0.29, 0.717) is 22.3 Å². The molecule has 4 aromatic rings. The molecule has 1 fully saturated rings. The van der Waals surface area contributed by atoms with Gasteiger partial charge in [-0.3, -0.25) is 9.78 Å². The van der Waals surface area contributed by atoms with Crippen molar-refractivity contribution in [2.24, 2.45) is 5.73 Å². The molecular formula is C32H27FN2O4. The van der Waals surface area contributed by atoms with Crippen molar-refractivity contribution in [3.8, 4) is 17.0 Å². The number of ether oxygens (including phenoxy) is 1. The van der Waals surface area contributed by atoms with E-state index in [-0.39, 0.29) is 28.3 Å². The first-order valence-electron chi connectivity index (χ1n) is 12.6. The monoisotopic (exact) mass is 522 g/mol. The molecule has 196 valence electrons. The summed E-state index contributed by atoms with van der Waals surface area (Å²) in [5.41, 5.74) is 9.06. The summed E-state index contributed by atoms with van der Waals surface area (Å²) in [4.78, 5) is 28.9. The molecule has 39 heavy (non-hydrogen) atoms. The first-order chi connectivity index (χ1) is 18.8. The highest BCUT2D eigenvalue weighted by Crippen LogP contribution is 2.40. The Labute approximate surface area is 225 Å². The Morgan fingerprint density at radius 1 is 1.00 bits per heavy atom. The number of aldehydes is 1. The second-order valence-corrected chi connectivity index (χ2v) is 9.69. The molecule has 1 saturated carbocycles. The van der Waals surface area contributed by atoms with Crippen LogP contribution in [0.1, 0.15) is 51.9 Å². The SMILES string of the molecule is Cc1ccnc(-c2cccc(F)c2C(=O)O)c1OC(=C(C=O)c1ccc(C2(N)CCC2)cc1)c1ccccc1. The van der Waals surface area contributed by atoms with Gasteiger partial charge in [0.2, 0.25) is 0 Å². The topological polar surface area (TPSA) is 103 Å². The van der Waals surface area contributed by atoms with Crippen molar-refractivity contribution in [1.82, 2.24) is 4.98 Å². The number of allylic oxidation sites excluding steroid dienone is 1. The first kappa shape index (κ1) is 26.0. The van der Waals surface area contributed by atoms with Crippen LogP contribution in [0, 0.1) is 12.7 Å². The van der Waals surface area contributed by atoms with E-state index in [2.05, 4.69) is 4.98 Å². The maximum Gasteiger partial charge on any atom is 0.339 e. The predicted molar refractivity (Wildman–Crippen MR) is 147 cm³/mol. The number of carboxylic acids is 1. The number of hydrogen-bond acceptors (Lipinski definition) is 5. The molecule has 0 unspecified atom stereocenters. The number of aryl methyl sites for hydroxylation is 1. The number of aromatic nitrogens is 1. The average molecular weight is 523 g/mol. The van der Waals surface area contributed by atoms with Crippen molar-refractivity contribution in [3.05, 3.63) is 119 Å². The van der Waals surface area contributed by atoms with E-state index in [1.807, 2.05) is 54.6 Å². The molecule has 0 aliphatic heterocycles. The van der Waals surface area contributed by atoms with Gasteiger partial charge in [-0.25, -0.2) is 9.18 Å². The van der Waals surface area contributed by atoms with Gasteiger partial charge in [-0.05, 0) is 55.0 Å². The largest absolute Gasteiger partial charge is 0.478 e. The van der Waals surface area contributed by atoms with Crippen LogP contribution < -0.4 is 10.5 Å². The molecule has 7 heteroatoms. The van der Waals surface area contributed by atoms with Gasteiger partial charge in [-0.15, -0.1) is 0 Å². The van der Waals surface area contributed by atoms with Crippen LogP contribution in [0.2, 0.25) is 0 Å². The zero-order valence-electron chi connectivity index (χ0n) is 21.4. The number of rotatable bonds is 8. The minimum absolute atomic E-state index is 0.0689. The van der Waals surface area contributed by atoms with E-state index in [0.717, 1.165) is 37.2 Å². The normalized spacial score (nSPS) is 14.6. The lowest BCUT2D eigenvalue weighted by molar-refractivity contribution is -0.103. The van der Waals surface area contributed by atoms with Gasteiger partial charge in [0, 0.05) is 22.9 Å². The second kappa shape index (κ2) is 10.6. The van der Waals surface area contributed by atoms with Crippen molar-refractivity contribution in [2.75, 3.05) is 0 Å². The Morgan fingerprint density at radius 3 is 2.33 bits per heavy atom. The molecule has 0 spiro atoms. The number of nitrogens with two attached hydrogens (primary N) is 1. The van der Waals surface area contributed by atoms with Gasteiger partial charge in [0.1, 0.15) is 22.8 Å². The number of carbonyl (C=O) groups is 2. The summed E-state index contributed by atoms with van der Waals surface area (Å²) in [6, 6.07) is 22.4. The fourth-order valence-corrected chi connectivity index (χ4v) is 4.85. The third-order valence-electron chi connectivity index (χ3n) is 7.20. The highest BCUT2D eigenvalue weighted by Gasteiger charge is 2.34. The van der Waals surface area contributed by atoms with Crippen LogP contribution in [0.5, 0.6) is 5.75 Å². The quantitative estimate of drug-likeness (QED) is 0.121. The summed E-state index contributed by atoms with van der Waals surface area (Å²) in [5, 5.41) is 9.73. The summed E-state index contributed by atoms with van der Waals surface area (Å²) in [6.45, 7) is 1.78. The zero-order chi connectivity index (χ0) is 27.6. The third-order valence-corrected chi connectivity index (χ3v) is 7.20. The van der Waals surface area contributed by atoms with Crippen LogP contribution in [-0.4, -0.2) is 22.3 Å². The Bertz CT molecular complexity index is 1580. The third kappa shape index (κ3) is 4.96. The van der Waals surface area contributed by atoms with Crippen molar-refractivity contribution in [3.63, 3.8) is 0 Å². The minimum atomic E-state index is -1.42. The van der Waals surface area contributed by atoms with Crippen LogP contribution in [0.15, 0.2) is 85.1 Å². The molecule has 1 aliphatic carbocycles. The minimum Gasteiger partial charge on any atom is -0.478 e. The number of carbonyl (C=O) groups excluding carboxylic acids is 1. The number of aromatic carboxylic acids is 1. The number of hydrogen-bond donors (Lipinski definition) is 2. The molecule has 0 radical (unpaired) electrons. The lowest BCUT2D eigenvalue weighted by Gasteiger charge is -2.38. The van der Waals surface area contributed by atoms with Gasteiger partial charge >= 0.3 is 5.97 Å². The molecule has 6 nitrogen and oxygen atoms in total. The predicted octanol–water partition coefficient (Wildman–Crippen LogP) is 6.38. The van der Waals surface area contributed by atoms with Gasteiger partial charge in [-0.1, -0.05) is 66.7 Å². The van der Waals surface area contributed by atoms with Gasteiger partial charge in [0.05, 0.1) is 5.57 Å². The van der Waals surface area contributed by atoms with Crippen molar-refractivity contribution >= 4 is 23.6 Å². The summed E-state index contributed by atoms with van der Waals surface area (Å²) in [7, 11) is 0. The Kier molecular flexibility index (Phi) is 7.09. The fourth-order valence-electron chi connectivity index (χ4n) is 4.85. The van der Waals surface area contributed by atoms with E-state index in [4.69, 9.17) is 10.5 Å². The van der Waals surface area contributed by atoms with E-state index in [1.165, 1.54) is 18.3 Å². The lowest BCUT2D eigenvalue weighted by Crippen LogP contribution is -2.43. The number of nitrogens with zero attached hydrogens (tertiary/aromatic N) is 1. The van der Waals surface area contributed by atoms with Gasteiger partial charge in [0.25, 0.3) is 0 Å². The Balaban J connectivity index is 1.68. The number of halogens is 1. The summed E-state index contributed by atoms with van der Waals surface area (Å²) < 4.78 is 21.1. The molecule has 5 rings (SSSR count). The van der Waals surface area contributed by atoms with Gasteiger partial charge in [-0.2, -0.15) is 0 Å². The molecule has 1 aromatic heterocycles. The number of pyridine rings is 1. The van der Waals surface area contributed by atoms with Crippen molar-refractivity contribution < 1.29 is 23.8 Å². The molecule has 1 heterocycles. The van der Waals surface area contributed by atoms with Crippen LogP contribution in [-0.2, 0) is 10.3 Å². The number of carboxylic acid groups (broad SMARTS) is 1. The van der Waals surface area contributed by atoms with E-state index >= 15 is 0 Å². The molecule has 0 bridgehead atoms. The molecule has 0 amide bonds. The van der Waals surface area contributed by atoms with Crippen molar-refractivity contribution in [1.29, 1.82) is 0 Å². The van der Waals surface area contributed by atoms with E-state index in [1.54, 1.807) is 13.0 Å². The average Bonchev–Trinajstić information content (AvgIpc) is 2.93. The number of benzene rings is 3. The van der Waals surface area contributed by atoms with Crippen LogP contribution >= 0.6 is 0 Å². The van der Waals surface area contributed by atoms with Crippen LogP contribution in [0.25, 0.3) is 22.6 Å². The highest BCUT2D eigenvalue weighted by atomic mass is 19.1. The maximum atomic E-state index is 14.6. The van der Waals surface area contributed by atoms with Gasteiger partial charge in [0.15, 0.2) is 12.0 Å². The fraction of sp³-hybridized carbons (Fsp3) is 0.156. The van der Waals surface area contributed by atoms with Gasteiger partial charge < -0.3 is 15.6 Å². The summed E-state index contributed by atoms with van der Waals surface area (Å²) >= 11 is 0. The van der Waals surface area contributed by atoms with E-state index < -0.39 is 17.3 Å². The first-order valence-corrected chi connectivity index (χ1v) is 12.6. The maximum absolute atomic E-state index is 14.6. The van der Waals surface area contributed by atoms with Crippen molar-refractivity contribution in [2.45, 2.75) is 31.7 Å². The molecule has 0 atom stereocenters. The Morgan fingerprint density at radius 2 is 1.72 bits per heavy atom. The molecule has 0 saturated heterocycles. The molecule has 3 aromatic carbocycles. The molecular weight excluding hydrogens is 495 g/mol. The zero-order valence-corrected chi connectivity index (χ0v) is 21.4. The Hall–Kier alpha value is -4.62. The van der Waals surface area contributed by atoms with E-state index in [9.17, 15) is 19.1 Å². The second-order valence-electron chi connectivity index (χ2n) is 9.69. The highest BCUT2D eigenvalue weighted by molar-refractivity contribution is 6.16. The standard InChI is InChI=1S/C32H27FN2O4/c1-20-15-18-35-28(24-9-5-10-26(33)27(24)31(37)38)29(20)39-30(22-7-3-2-4-8-22)25(19-36)21-11-13-23(14-12-21)32(34)16-6-17-32/h2-5,7-15,18-19H,6,16-17,34H2,1H3,(H,37,38). The summed E-state index contributed by atoms with van der Waals surface area (Å²) in [5.74, 6) is -1.83. The molecule has 3 N–H and O–H groups in total. The molecule has 1 aliphatic rings. The smallest absolute Gasteiger partial charge is 0.339 e.